The molecule has 0 spiro atoms. The molecule has 19 heavy (non-hydrogen) atoms. The van der Waals surface area contributed by atoms with Crippen molar-refractivity contribution >= 4 is 5.69 Å². The van der Waals surface area contributed by atoms with Crippen LogP contribution in [0.3, 0.4) is 0 Å². The van der Waals surface area contributed by atoms with Gasteiger partial charge < -0.3 is 10.6 Å². The van der Waals surface area contributed by atoms with E-state index in [0.29, 0.717) is 18.8 Å². The van der Waals surface area contributed by atoms with Crippen molar-refractivity contribution in [3.63, 3.8) is 0 Å². The molecule has 0 heterocycles. The highest BCUT2D eigenvalue weighted by Crippen LogP contribution is 2.22. The third kappa shape index (κ3) is 3.32. The zero-order chi connectivity index (χ0) is 13.7. The Morgan fingerprint density at radius 1 is 1.05 bits per heavy atom. The first kappa shape index (κ1) is 13.6. The van der Waals surface area contributed by atoms with Crippen molar-refractivity contribution in [2.75, 3.05) is 11.4 Å². The minimum Gasteiger partial charge on any atom is -0.365 e. The van der Waals surface area contributed by atoms with Gasteiger partial charge in [-0.15, -0.1) is 0 Å². The second kappa shape index (κ2) is 6.34. The van der Waals surface area contributed by atoms with Crippen molar-refractivity contribution in [3.8, 4) is 0 Å². The predicted octanol–water partition coefficient (Wildman–Crippen LogP) is 3.31. The zero-order valence-electron chi connectivity index (χ0n) is 11.1. The van der Waals surface area contributed by atoms with Crippen LogP contribution in [0.4, 0.5) is 10.1 Å². The summed E-state index contributed by atoms with van der Waals surface area (Å²) >= 11 is 0. The topological polar surface area (TPSA) is 29.3 Å². The lowest BCUT2D eigenvalue weighted by molar-refractivity contribution is 0.615. The van der Waals surface area contributed by atoms with E-state index in [9.17, 15) is 4.39 Å². The summed E-state index contributed by atoms with van der Waals surface area (Å²) < 4.78 is 14.1. The van der Waals surface area contributed by atoms with Gasteiger partial charge in [0.05, 0.1) is 5.69 Å². The van der Waals surface area contributed by atoms with Crippen molar-refractivity contribution in [1.82, 2.24) is 0 Å². The maximum absolute atomic E-state index is 14.1. The third-order valence-electron chi connectivity index (χ3n) is 3.19. The molecule has 0 amide bonds. The highest BCUT2D eigenvalue weighted by molar-refractivity contribution is 5.49. The van der Waals surface area contributed by atoms with Gasteiger partial charge in [-0.2, -0.15) is 0 Å². The summed E-state index contributed by atoms with van der Waals surface area (Å²) in [5.74, 6) is -0.208. The molecule has 0 saturated carbocycles. The van der Waals surface area contributed by atoms with Crippen molar-refractivity contribution in [2.45, 2.75) is 20.0 Å². The van der Waals surface area contributed by atoms with Gasteiger partial charge in [0.2, 0.25) is 0 Å². The molecule has 2 aromatic carbocycles. The van der Waals surface area contributed by atoms with Crippen LogP contribution in [-0.2, 0) is 13.1 Å². The number of anilines is 1. The van der Waals surface area contributed by atoms with Crippen LogP contribution in [0.2, 0.25) is 0 Å². The van der Waals surface area contributed by atoms with Gasteiger partial charge in [-0.05, 0) is 30.2 Å². The van der Waals surface area contributed by atoms with E-state index in [-0.39, 0.29) is 5.82 Å². The number of nitrogens with two attached hydrogens (primary N) is 1. The monoisotopic (exact) mass is 258 g/mol. The number of halogens is 1. The van der Waals surface area contributed by atoms with Crippen LogP contribution in [0, 0.1) is 5.82 Å². The summed E-state index contributed by atoms with van der Waals surface area (Å²) in [6, 6.07) is 15.3. The number of rotatable bonds is 5. The molecule has 0 unspecified atom stereocenters. The molecule has 0 fully saturated rings. The molecule has 2 nitrogen and oxygen atoms in total. The van der Waals surface area contributed by atoms with Crippen LogP contribution < -0.4 is 10.6 Å². The van der Waals surface area contributed by atoms with Gasteiger partial charge in [-0.25, -0.2) is 4.39 Å². The second-order valence-electron chi connectivity index (χ2n) is 4.49. The molecule has 0 atom stereocenters. The Labute approximate surface area is 113 Å². The minimum atomic E-state index is -0.208. The van der Waals surface area contributed by atoms with Gasteiger partial charge in [0.1, 0.15) is 5.82 Å². The number of hydrogen-bond acceptors (Lipinski definition) is 2. The summed E-state index contributed by atoms with van der Waals surface area (Å²) in [6.07, 6.45) is 0. The fourth-order valence-electron chi connectivity index (χ4n) is 2.10. The number of hydrogen-bond donors (Lipinski definition) is 1. The Bertz CT molecular complexity index is 526. The largest absolute Gasteiger partial charge is 0.365 e. The summed E-state index contributed by atoms with van der Waals surface area (Å²) in [4.78, 5) is 2.02. The first-order chi connectivity index (χ1) is 9.24. The average Bonchev–Trinajstić information content (AvgIpc) is 2.46. The lowest BCUT2D eigenvalue weighted by Crippen LogP contribution is -2.23. The Hall–Kier alpha value is -1.87. The summed E-state index contributed by atoms with van der Waals surface area (Å²) in [5, 5.41) is 0. The van der Waals surface area contributed by atoms with Gasteiger partial charge >= 0.3 is 0 Å². The Kier molecular flexibility index (Phi) is 4.53. The molecule has 100 valence electrons. The lowest BCUT2D eigenvalue weighted by Gasteiger charge is -2.24. The Morgan fingerprint density at radius 2 is 1.79 bits per heavy atom. The third-order valence-corrected chi connectivity index (χ3v) is 3.19. The smallest absolute Gasteiger partial charge is 0.146 e. The summed E-state index contributed by atoms with van der Waals surface area (Å²) in [6.45, 7) is 3.85. The van der Waals surface area contributed by atoms with Crippen LogP contribution in [-0.4, -0.2) is 6.54 Å². The molecular formula is C16H19FN2. The molecule has 0 bridgehead atoms. The lowest BCUT2D eigenvalue weighted by atomic mass is 10.1. The summed E-state index contributed by atoms with van der Waals surface area (Å²) in [7, 11) is 0. The van der Waals surface area contributed by atoms with Crippen LogP contribution in [0.15, 0.2) is 48.5 Å². The maximum atomic E-state index is 14.1. The van der Waals surface area contributed by atoms with Crippen LogP contribution >= 0.6 is 0 Å². The quantitative estimate of drug-likeness (QED) is 0.891. The first-order valence-electron chi connectivity index (χ1n) is 6.52. The van der Waals surface area contributed by atoms with Gasteiger partial charge in [-0.3, -0.25) is 0 Å². The molecule has 2 aromatic rings. The normalized spacial score (nSPS) is 10.5. The first-order valence-corrected chi connectivity index (χ1v) is 6.52. The van der Waals surface area contributed by atoms with E-state index in [0.717, 1.165) is 12.1 Å². The fourth-order valence-corrected chi connectivity index (χ4v) is 2.10. The average molecular weight is 258 g/mol. The molecular weight excluding hydrogens is 239 g/mol. The van der Waals surface area contributed by atoms with Gasteiger partial charge in [0.15, 0.2) is 0 Å². The number of nitrogens with zero attached hydrogens (tertiary/aromatic N) is 1. The SMILES string of the molecule is CCN(Cc1ccccc1)c1ccc(CN)cc1F. The summed E-state index contributed by atoms with van der Waals surface area (Å²) in [5.41, 5.74) is 8.14. The minimum absolute atomic E-state index is 0.208. The fraction of sp³-hybridized carbons (Fsp3) is 0.250. The molecule has 3 heteroatoms. The van der Waals surface area contributed by atoms with E-state index in [1.807, 2.05) is 42.2 Å². The second-order valence-corrected chi connectivity index (χ2v) is 4.49. The van der Waals surface area contributed by atoms with E-state index in [1.165, 1.54) is 11.6 Å². The van der Waals surface area contributed by atoms with E-state index >= 15 is 0 Å². The van der Waals surface area contributed by atoms with Gasteiger partial charge in [0, 0.05) is 19.6 Å². The predicted molar refractivity (Wildman–Crippen MR) is 77.5 cm³/mol. The molecule has 0 radical (unpaired) electrons. The van der Waals surface area contributed by atoms with Crippen molar-refractivity contribution in [2.24, 2.45) is 5.73 Å². The van der Waals surface area contributed by atoms with Crippen LogP contribution in [0.25, 0.3) is 0 Å². The van der Waals surface area contributed by atoms with Crippen LogP contribution in [0.5, 0.6) is 0 Å². The maximum Gasteiger partial charge on any atom is 0.146 e. The Morgan fingerprint density at radius 3 is 2.37 bits per heavy atom. The van der Waals surface area contributed by atoms with Crippen molar-refractivity contribution in [3.05, 3.63) is 65.5 Å². The molecule has 0 aliphatic rings. The molecule has 2 rings (SSSR count). The van der Waals surface area contributed by atoms with E-state index in [1.54, 1.807) is 0 Å². The van der Waals surface area contributed by atoms with Gasteiger partial charge in [-0.1, -0.05) is 36.4 Å². The molecule has 0 saturated heterocycles. The van der Waals surface area contributed by atoms with Crippen molar-refractivity contribution < 1.29 is 4.39 Å². The molecule has 2 N–H and O–H groups in total. The van der Waals surface area contributed by atoms with Crippen molar-refractivity contribution in [1.29, 1.82) is 0 Å². The van der Waals surface area contributed by atoms with Crippen LogP contribution in [0.1, 0.15) is 18.1 Å². The van der Waals surface area contributed by atoms with E-state index in [4.69, 9.17) is 5.73 Å². The standard InChI is InChI=1S/C16H19FN2/c1-2-19(12-13-6-4-3-5-7-13)16-9-8-14(11-18)10-15(16)17/h3-10H,2,11-12,18H2,1H3. The Balaban J connectivity index is 2.22. The van der Waals surface area contributed by atoms with E-state index in [2.05, 4.69) is 12.1 Å². The van der Waals surface area contributed by atoms with E-state index < -0.39 is 0 Å². The highest BCUT2D eigenvalue weighted by Gasteiger charge is 2.10. The number of benzene rings is 2. The van der Waals surface area contributed by atoms with Gasteiger partial charge in [0.25, 0.3) is 0 Å². The molecule has 0 aliphatic heterocycles. The molecule has 0 aromatic heterocycles. The highest BCUT2D eigenvalue weighted by atomic mass is 19.1. The molecule has 0 aliphatic carbocycles. The zero-order valence-corrected chi connectivity index (χ0v) is 11.1.